The number of fused-ring (bicyclic) bond motifs is 1. The van der Waals surface area contributed by atoms with Crippen LogP contribution >= 0.6 is 38.6 Å². The van der Waals surface area contributed by atoms with Crippen molar-refractivity contribution in [2.24, 2.45) is 0 Å². The average molecular weight is 425 g/mol. The van der Waals surface area contributed by atoms with Gasteiger partial charge in [0.15, 0.2) is 5.13 Å². The predicted octanol–water partition coefficient (Wildman–Crippen LogP) is 4.17. The highest BCUT2D eigenvalue weighted by atomic mass is 79.9. The van der Waals surface area contributed by atoms with E-state index >= 15 is 0 Å². The number of para-hydroxylation sites is 1. The van der Waals surface area contributed by atoms with Crippen LogP contribution in [0, 0.1) is 0 Å². The fraction of sp³-hybridized carbons (Fsp3) is 0.250. The number of carbonyl (C=O) groups is 1. The van der Waals surface area contributed by atoms with Crippen LogP contribution in [0.4, 0.5) is 5.13 Å². The Morgan fingerprint density at radius 1 is 1.29 bits per heavy atom. The highest BCUT2D eigenvalue weighted by Gasteiger charge is 2.32. The van der Waals surface area contributed by atoms with Crippen molar-refractivity contribution >= 4 is 59.9 Å². The molecule has 0 saturated carbocycles. The Balaban J connectivity index is 1.41. The van der Waals surface area contributed by atoms with Crippen LogP contribution in [0.3, 0.4) is 0 Å². The summed E-state index contributed by atoms with van der Waals surface area (Å²) in [5.74, 6) is 0.517. The van der Waals surface area contributed by atoms with E-state index in [1.165, 1.54) is 11.3 Å². The number of hydrogen-bond donors (Lipinski definition) is 0. The van der Waals surface area contributed by atoms with Crippen molar-refractivity contribution in [3.05, 3.63) is 39.0 Å². The van der Waals surface area contributed by atoms with Gasteiger partial charge in [0.05, 0.1) is 28.7 Å². The normalized spacial score (nSPS) is 14.7. The number of esters is 1. The van der Waals surface area contributed by atoms with Crippen LogP contribution in [0.5, 0.6) is 5.75 Å². The first-order chi connectivity index (χ1) is 11.6. The summed E-state index contributed by atoms with van der Waals surface area (Å²) in [5.41, 5.74) is 0.879. The van der Waals surface area contributed by atoms with E-state index in [0.29, 0.717) is 18.0 Å². The molecular formula is C16H13BrN2O3S2. The van der Waals surface area contributed by atoms with Crippen LogP contribution < -0.4 is 9.64 Å². The third-order valence-electron chi connectivity index (χ3n) is 3.76. The summed E-state index contributed by atoms with van der Waals surface area (Å²) >= 11 is 6.35. The highest BCUT2D eigenvalue weighted by molar-refractivity contribution is 9.11. The van der Waals surface area contributed by atoms with Gasteiger partial charge < -0.3 is 14.4 Å². The minimum Gasteiger partial charge on any atom is -0.494 e. The number of aromatic nitrogens is 1. The molecule has 2 aromatic heterocycles. The van der Waals surface area contributed by atoms with Gasteiger partial charge in [-0.15, -0.1) is 11.3 Å². The number of thiazole rings is 1. The number of carbonyl (C=O) groups excluding carboxylic acids is 1. The summed E-state index contributed by atoms with van der Waals surface area (Å²) < 4.78 is 12.9. The number of nitrogens with zero attached hydrogens (tertiary/aromatic N) is 2. The molecule has 5 nitrogen and oxygen atoms in total. The van der Waals surface area contributed by atoms with Crippen molar-refractivity contribution in [1.82, 2.24) is 4.98 Å². The average Bonchev–Trinajstić information content (AvgIpc) is 3.15. The standard InChI is InChI=1S/C16H13BrN2O3S2/c1-21-10-3-2-4-11-14(10)18-16(24-11)19-7-9(8-19)22-15(20)12-5-6-13(17)23-12/h2-6,9H,7-8H2,1H3. The molecule has 1 aromatic carbocycles. The molecule has 0 amide bonds. The van der Waals surface area contributed by atoms with Crippen LogP contribution in [-0.4, -0.2) is 37.3 Å². The van der Waals surface area contributed by atoms with Crippen LogP contribution in [-0.2, 0) is 4.74 Å². The van der Waals surface area contributed by atoms with Gasteiger partial charge in [-0.25, -0.2) is 9.78 Å². The lowest BCUT2D eigenvalue weighted by Crippen LogP contribution is -2.53. The number of anilines is 1. The molecule has 3 heterocycles. The molecule has 24 heavy (non-hydrogen) atoms. The smallest absolute Gasteiger partial charge is 0.348 e. The van der Waals surface area contributed by atoms with E-state index in [0.717, 1.165) is 24.9 Å². The largest absolute Gasteiger partial charge is 0.494 e. The number of thiophene rings is 1. The minimum atomic E-state index is -0.263. The Hall–Kier alpha value is -1.64. The molecule has 0 aliphatic carbocycles. The second-order valence-electron chi connectivity index (χ2n) is 5.34. The molecule has 8 heteroatoms. The Morgan fingerprint density at radius 3 is 2.83 bits per heavy atom. The number of ether oxygens (including phenoxy) is 2. The van der Waals surface area contributed by atoms with Crippen LogP contribution in [0.2, 0.25) is 0 Å². The van der Waals surface area contributed by atoms with Gasteiger partial charge in [-0.1, -0.05) is 17.4 Å². The van der Waals surface area contributed by atoms with Gasteiger partial charge >= 0.3 is 5.97 Å². The monoisotopic (exact) mass is 424 g/mol. The zero-order valence-electron chi connectivity index (χ0n) is 12.7. The minimum absolute atomic E-state index is 0.0905. The summed E-state index contributed by atoms with van der Waals surface area (Å²) in [6.45, 7) is 1.33. The molecule has 0 spiro atoms. The second kappa shape index (κ2) is 6.34. The Labute approximate surface area is 155 Å². The van der Waals surface area contributed by atoms with Gasteiger partial charge in [0.25, 0.3) is 0 Å². The number of methoxy groups -OCH3 is 1. The Morgan fingerprint density at radius 2 is 2.12 bits per heavy atom. The first kappa shape index (κ1) is 15.9. The molecule has 4 rings (SSSR count). The topological polar surface area (TPSA) is 51.7 Å². The van der Waals surface area contributed by atoms with Gasteiger partial charge in [0.2, 0.25) is 0 Å². The van der Waals surface area contributed by atoms with Crippen molar-refractivity contribution < 1.29 is 14.3 Å². The molecule has 0 atom stereocenters. The molecule has 0 unspecified atom stereocenters. The van der Waals surface area contributed by atoms with Gasteiger partial charge in [0, 0.05) is 0 Å². The summed E-state index contributed by atoms with van der Waals surface area (Å²) in [6.07, 6.45) is -0.0905. The Kier molecular flexibility index (Phi) is 4.19. The molecule has 3 aromatic rings. The SMILES string of the molecule is COc1cccc2sc(N3CC(OC(=O)c4ccc(Br)s4)C3)nc12. The van der Waals surface area contributed by atoms with Gasteiger partial charge in [-0.05, 0) is 40.2 Å². The molecule has 1 aliphatic rings. The van der Waals surface area contributed by atoms with Crippen LogP contribution in [0.15, 0.2) is 34.1 Å². The van der Waals surface area contributed by atoms with Crippen molar-refractivity contribution in [1.29, 1.82) is 0 Å². The number of halogens is 1. The van der Waals surface area contributed by atoms with E-state index in [-0.39, 0.29) is 12.1 Å². The molecule has 0 radical (unpaired) electrons. The molecular weight excluding hydrogens is 412 g/mol. The summed E-state index contributed by atoms with van der Waals surface area (Å²) in [4.78, 5) is 19.4. The summed E-state index contributed by atoms with van der Waals surface area (Å²) in [7, 11) is 1.65. The highest BCUT2D eigenvalue weighted by Crippen LogP contribution is 2.36. The Bertz CT molecular complexity index is 902. The molecule has 1 fully saturated rings. The number of rotatable bonds is 4. The van der Waals surface area contributed by atoms with E-state index in [2.05, 4.69) is 25.8 Å². The van der Waals surface area contributed by atoms with E-state index in [4.69, 9.17) is 9.47 Å². The zero-order valence-corrected chi connectivity index (χ0v) is 15.9. The second-order valence-corrected chi connectivity index (χ2v) is 8.81. The maximum Gasteiger partial charge on any atom is 0.348 e. The van der Waals surface area contributed by atoms with E-state index in [1.807, 2.05) is 24.3 Å². The summed E-state index contributed by atoms with van der Waals surface area (Å²) in [5, 5.41) is 0.931. The molecule has 0 N–H and O–H groups in total. The number of benzene rings is 1. The third-order valence-corrected chi connectivity index (χ3v) is 6.44. The van der Waals surface area contributed by atoms with E-state index in [9.17, 15) is 4.79 Å². The van der Waals surface area contributed by atoms with E-state index < -0.39 is 0 Å². The first-order valence-electron chi connectivity index (χ1n) is 7.29. The quantitative estimate of drug-likeness (QED) is 0.588. The van der Waals surface area contributed by atoms with Crippen LogP contribution in [0.25, 0.3) is 10.2 Å². The van der Waals surface area contributed by atoms with Crippen molar-refractivity contribution in [2.45, 2.75) is 6.10 Å². The maximum atomic E-state index is 12.0. The lowest BCUT2D eigenvalue weighted by molar-refractivity contribution is 0.0240. The first-order valence-corrected chi connectivity index (χ1v) is 9.71. The molecule has 0 bridgehead atoms. The molecule has 124 valence electrons. The third kappa shape index (κ3) is 2.89. The maximum absolute atomic E-state index is 12.0. The van der Waals surface area contributed by atoms with Gasteiger partial charge in [0.1, 0.15) is 22.2 Å². The predicted molar refractivity (Wildman–Crippen MR) is 99.6 cm³/mol. The van der Waals surface area contributed by atoms with Crippen molar-refractivity contribution in [3.63, 3.8) is 0 Å². The lowest BCUT2D eigenvalue weighted by Gasteiger charge is -2.38. The van der Waals surface area contributed by atoms with Crippen molar-refractivity contribution in [2.75, 3.05) is 25.1 Å². The molecule has 1 aliphatic heterocycles. The van der Waals surface area contributed by atoms with E-state index in [1.54, 1.807) is 24.5 Å². The van der Waals surface area contributed by atoms with Crippen molar-refractivity contribution in [3.8, 4) is 5.75 Å². The zero-order chi connectivity index (χ0) is 16.7. The van der Waals surface area contributed by atoms with Crippen LogP contribution in [0.1, 0.15) is 9.67 Å². The molecule has 1 saturated heterocycles. The van der Waals surface area contributed by atoms with Gasteiger partial charge in [-0.3, -0.25) is 0 Å². The number of hydrogen-bond acceptors (Lipinski definition) is 7. The lowest BCUT2D eigenvalue weighted by atomic mass is 10.2. The summed E-state index contributed by atoms with van der Waals surface area (Å²) in [6, 6.07) is 9.52. The fourth-order valence-electron chi connectivity index (χ4n) is 2.51. The van der Waals surface area contributed by atoms with Gasteiger partial charge in [-0.2, -0.15) is 0 Å². The fourth-order valence-corrected chi connectivity index (χ4v) is 4.78.